The van der Waals surface area contributed by atoms with Gasteiger partial charge in [-0.15, -0.1) is 0 Å². The summed E-state index contributed by atoms with van der Waals surface area (Å²) in [5.74, 6) is -0.308. The Balaban J connectivity index is 2.44. The van der Waals surface area contributed by atoms with E-state index in [0.717, 1.165) is 5.56 Å². The highest BCUT2D eigenvalue weighted by Gasteiger charge is 2.07. The van der Waals surface area contributed by atoms with Crippen LogP contribution in [0.15, 0.2) is 47.4 Å². The number of aromatic hydroxyl groups is 1. The Bertz CT molecular complexity index is 564. The molecule has 0 amide bonds. The van der Waals surface area contributed by atoms with Gasteiger partial charge in [-0.25, -0.2) is 4.39 Å². The highest BCUT2D eigenvalue weighted by atomic mass is 32.2. The van der Waals surface area contributed by atoms with Gasteiger partial charge in [0.2, 0.25) is 0 Å². The number of phenols is 1. The minimum Gasteiger partial charge on any atom is -0.508 e. The highest BCUT2D eigenvalue weighted by Crippen LogP contribution is 2.24. The van der Waals surface area contributed by atoms with E-state index in [1.54, 1.807) is 30.3 Å². The highest BCUT2D eigenvalue weighted by molar-refractivity contribution is 7.84. The molecule has 2 nitrogen and oxygen atoms in total. The molecule has 0 radical (unpaired) electrons. The molecule has 0 bridgehead atoms. The number of benzene rings is 2. The summed E-state index contributed by atoms with van der Waals surface area (Å²) in [6.45, 7) is 0. The molecule has 0 saturated carbocycles. The predicted octanol–water partition coefficient (Wildman–Crippen LogP) is 2.94. The van der Waals surface area contributed by atoms with E-state index in [1.807, 2.05) is 0 Å². The van der Waals surface area contributed by atoms with Gasteiger partial charge in [0.25, 0.3) is 0 Å². The lowest BCUT2D eigenvalue weighted by atomic mass is 10.1. The van der Waals surface area contributed by atoms with Crippen LogP contribution in [0.4, 0.5) is 4.39 Å². The van der Waals surface area contributed by atoms with Crippen LogP contribution in [0, 0.1) is 5.82 Å². The van der Waals surface area contributed by atoms with E-state index in [1.165, 1.54) is 18.4 Å². The molecule has 88 valence electrons. The average molecular weight is 250 g/mol. The Hall–Kier alpha value is -1.68. The molecule has 0 spiro atoms. The number of rotatable bonds is 2. The number of hydrogen-bond donors (Lipinski definition) is 1. The van der Waals surface area contributed by atoms with Gasteiger partial charge in [0.1, 0.15) is 11.6 Å². The number of halogens is 1. The molecular formula is C13H11FO2S. The minimum atomic E-state index is -1.32. The Morgan fingerprint density at radius 2 is 1.65 bits per heavy atom. The molecule has 0 aromatic heterocycles. The molecule has 1 unspecified atom stereocenters. The second kappa shape index (κ2) is 4.67. The average Bonchev–Trinajstić information content (AvgIpc) is 2.29. The van der Waals surface area contributed by atoms with Gasteiger partial charge in [-0.05, 0) is 35.4 Å². The zero-order valence-electron chi connectivity index (χ0n) is 9.18. The second-order valence-corrected chi connectivity index (χ2v) is 4.99. The van der Waals surface area contributed by atoms with Crippen molar-refractivity contribution in [2.45, 2.75) is 4.90 Å². The van der Waals surface area contributed by atoms with E-state index >= 15 is 0 Å². The van der Waals surface area contributed by atoms with Crippen LogP contribution < -0.4 is 0 Å². The zero-order chi connectivity index (χ0) is 12.4. The van der Waals surface area contributed by atoms with Crippen LogP contribution in [0.3, 0.4) is 0 Å². The van der Waals surface area contributed by atoms with E-state index < -0.39 is 16.6 Å². The normalized spacial score (nSPS) is 12.4. The topological polar surface area (TPSA) is 37.3 Å². The standard InChI is InChI=1S/C13H11FO2S/c1-17(16)13-7-4-10(8-12(13)14)9-2-5-11(15)6-3-9/h2-8,15H,1H3. The summed E-state index contributed by atoms with van der Waals surface area (Å²) in [6, 6.07) is 11.1. The lowest BCUT2D eigenvalue weighted by Gasteiger charge is -2.04. The van der Waals surface area contributed by atoms with Gasteiger partial charge in [0, 0.05) is 6.26 Å². The van der Waals surface area contributed by atoms with Crippen LogP contribution in [-0.4, -0.2) is 15.6 Å². The van der Waals surface area contributed by atoms with Gasteiger partial charge >= 0.3 is 0 Å². The molecule has 0 aliphatic heterocycles. The Morgan fingerprint density at radius 3 is 2.18 bits per heavy atom. The van der Waals surface area contributed by atoms with E-state index in [9.17, 15) is 8.60 Å². The van der Waals surface area contributed by atoms with Crippen LogP contribution >= 0.6 is 0 Å². The fourth-order valence-corrected chi connectivity index (χ4v) is 2.16. The van der Waals surface area contributed by atoms with Gasteiger partial charge in [0.05, 0.1) is 15.7 Å². The summed E-state index contributed by atoms with van der Waals surface area (Å²) in [7, 11) is -1.32. The smallest absolute Gasteiger partial charge is 0.139 e. The maximum absolute atomic E-state index is 13.6. The molecule has 2 aromatic rings. The Morgan fingerprint density at radius 1 is 1.06 bits per heavy atom. The van der Waals surface area contributed by atoms with Crippen LogP contribution in [0.5, 0.6) is 5.75 Å². The fraction of sp³-hybridized carbons (Fsp3) is 0.0769. The first kappa shape index (κ1) is 11.8. The molecule has 1 N–H and O–H groups in total. The SMILES string of the molecule is CS(=O)c1ccc(-c2ccc(O)cc2)cc1F. The molecule has 17 heavy (non-hydrogen) atoms. The summed E-state index contributed by atoms with van der Waals surface area (Å²) in [4.78, 5) is 0.201. The molecule has 0 heterocycles. The second-order valence-electron chi connectivity index (χ2n) is 3.65. The minimum absolute atomic E-state index is 0.167. The number of phenolic OH excluding ortho intramolecular Hbond substituents is 1. The zero-order valence-corrected chi connectivity index (χ0v) is 10.00. The van der Waals surface area contributed by atoms with Crippen molar-refractivity contribution in [2.75, 3.05) is 6.26 Å². The van der Waals surface area contributed by atoms with Crippen molar-refractivity contribution in [3.05, 3.63) is 48.3 Å². The Kier molecular flexibility index (Phi) is 3.24. The first-order valence-electron chi connectivity index (χ1n) is 5.00. The summed E-state index contributed by atoms with van der Waals surface area (Å²) in [5, 5.41) is 9.16. The number of hydrogen-bond acceptors (Lipinski definition) is 2. The molecule has 2 aromatic carbocycles. The lowest BCUT2D eigenvalue weighted by molar-refractivity contribution is 0.475. The fourth-order valence-electron chi connectivity index (χ4n) is 1.57. The van der Waals surface area contributed by atoms with E-state index in [-0.39, 0.29) is 10.6 Å². The van der Waals surface area contributed by atoms with Gasteiger partial charge in [0.15, 0.2) is 0 Å². The quantitative estimate of drug-likeness (QED) is 0.889. The van der Waals surface area contributed by atoms with Crippen molar-refractivity contribution in [1.29, 1.82) is 0 Å². The molecule has 0 saturated heterocycles. The largest absolute Gasteiger partial charge is 0.508 e. The van der Waals surface area contributed by atoms with E-state index in [0.29, 0.717) is 5.56 Å². The molecule has 4 heteroatoms. The van der Waals surface area contributed by atoms with Gasteiger partial charge < -0.3 is 5.11 Å². The Labute approximate surface area is 101 Å². The summed E-state index contributed by atoms with van der Waals surface area (Å²) >= 11 is 0. The van der Waals surface area contributed by atoms with Crippen molar-refractivity contribution in [1.82, 2.24) is 0 Å². The summed E-state index contributed by atoms with van der Waals surface area (Å²) < 4.78 is 24.8. The predicted molar refractivity (Wildman–Crippen MR) is 65.8 cm³/mol. The van der Waals surface area contributed by atoms with Crippen LogP contribution in [0.1, 0.15) is 0 Å². The molecule has 0 fully saturated rings. The van der Waals surface area contributed by atoms with Crippen LogP contribution in [0.25, 0.3) is 11.1 Å². The van der Waals surface area contributed by atoms with E-state index in [4.69, 9.17) is 5.11 Å². The van der Waals surface area contributed by atoms with Gasteiger partial charge in [-0.1, -0.05) is 18.2 Å². The maximum atomic E-state index is 13.6. The van der Waals surface area contributed by atoms with Crippen molar-refractivity contribution < 1.29 is 13.7 Å². The lowest BCUT2D eigenvalue weighted by Crippen LogP contribution is -1.92. The van der Waals surface area contributed by atoms with Crippen molar-refractivity contribution >= 4 is 10.8 Å². The van der Waals surface area contributed by atoms with Crippen molar-refractivity contribution in [3.63, 3.8) is 0 Å². The monoisotopic (exact) mass is 250 g/mol. The first-order valence-corrected chi connectivity index (χ1v) is 6.56. The van der Waals surface area contributed by atoms with Crippen molar-refractivity contribution in [2.24, 2.45) is 0 Å². The summed E-state index contributed by atoms with van der Waals surface area (Å²) in [5.41, 5.74) is 1.49. The van der Waals surface area contributed by atoms with Gasteiger partial charge in [-0.2, -0.15) is 0 Å². The van der Waals surface area contributed by atoms with Crippen molar-refractivity contribution in [3.8, 4) is 16.9 Å². The summed E-state index contributed by atoms with van der Waals surface area (Å²) in [6.07, 6.45) is 1.44. The third-order valence-corrected chi connectivity index (χ3v) is 3.39. The molecule has 1 atom stereocenters. The van der Waals surface area contributed by atoms with Gasteiger partial charge in [-0.3, -0.25) is 4.21 Å². The van der Waals surface area contributed by atoms with E-state index in [2.05, 4.69) is 0 Å². The maximum Gasteiger partial charge on any atom is 0.139 e. The third-order valence-electron chi connectivity index (χ3n) is 2.44. The molecule has 0 aliphatic rings. The molecular weight excluding hydrogens is 239 g/mol. The molecule has 0 aliphatic carbocycles. The van der Waals surface area contributed by atoms with Crippen LogP contribution in [-0.2, 0) is 10.8 Å². The molecule has 2 rings (SSSR count). The third kappa shape index (κ3) is 2.53. The first-order chi connectivity index (χ1) is 8.08. The van der Waals surface area contributed by atoms with Crippen LogP contribution in [0.2, 0.25) is 0 Å².